The van der Waals surface area contributed by atoms with Crippen LogP contribution in [0.1, 0.15) is 19.4 Å². The van der Waals surface area contributed by atoms with Gasteiger partial charge in [0.2, 0.25) is 12.2 Å². The molecule has 9 heteroatoms. The fourth-order valence-electron chi connectivity index (χ4n) is 3.43. The molecule has 3 rings (SSSR count). The number of hydrogen-bond acceptors (Lipinski definition) is 9. The van der Waals surface area contributed by atoms with Gasteiger partial charge in [0, 0.05) is 11.5 Å². The van der Waals surface area contributed by atoms with Crippen LogP contribution in [-0.2, 0) is 11.2 Å². The lowest BCUT2D eigenvalue weighted by molar-refractivity contribution is -0.277. The van der Waals surface area contributed by atoms with Gasteiger partial charge in [-0.2, -0.15) is 0 Å². The molecule has 6 atom stereocenters. The molecule has 1 fully saturated rings. The summed E-state index contributed by atoms with van der Waals surface area (Å²) in [5.41, 5.74) is 0.310. The van der Waals surface area contributed by atoms with Gasteiger partial charge in [-0.1, -0.05) is 26.0 Å². The van der Waals surface area contributed by atoms with E-state index in [4.69, 9.17) is 9.47 Å². The highest BCUT2D eigenvalue weighted by atomic mass is 16.7. The second-order valence-electron chi connectivity index (χ2n) is 7.78. The fraction of sp³-hybridized carbons (Fsp3) is 0.579. The molecule has 9 nitrogen and oxygen atoms in total. The first-order valence-electron chi connectivity index (χ1n) is 9.10. The van der Waals surface area contributed by atoms with Crippen molar-refractivity contribution in [1.82, 2.24) is 5.32 Å². The summed E-state index contributed by atoms with van der Waals surface area (Å²) in [5.74, 6) is 0.0909. The SMILES string of the molecule is CC1(C)C(O)=C(O)NC1Cc1ccc(OC2OC(CO)C(O)C(O)C2O)cc1. The van der Waals surface area contributed by atoms with E-state index in [0.29, 0.717) is 12.2 Å². The third-order valence-corrected chi connectivity index (χ3v) is 5.48. The number of benzene rings is 1. The van der Waals surface area contributed by atoms with Crippen molar-refractivity contribution in [3.8, 4) is 5.75 Å². The van der Waals surface area contributed by atoms with Gasteiger partial charge in [0.15, 0.2) is 5.76 Å². The predicted octanol–water partition coefficient (Wildman–Crippen LogP) is -0.309. The highest BCUT2D eigenvalue weighted by Gasteiger charge is 2.45. The molecule has 156 valence electrons. The monoisotopic (exact) mass is 397 g/mol. The van der Waals surface area contributed by atoms with Crippen LogP contribution in [0, 0.1) is 5.41 Å². The summed E-state index contributed by atoms with van der Waals surface area (Å²) in [6.07, 6.45) is -6.15. The number of aliphatic hydroxyl groups is 6. The van der Waals surface area contributed by atoms with Crippen LogP contribution < -0.4 is 10.1 Å². The van der Waals surface area contributed by atoms with Crippen LogP contribution in [0.5, 0.6) is 5.75 Å². The van der Waals surface area contributed by atoms with Gasteiger partial charge in [0.05, 0.1) is 6.61 Å². The van der Waals surface area contributed by atoms with Gasteiger partial charge in [-0.25, -0.2) is 0 Å². The molecule has 0 aliphatic carbocycles. The van der Waals surface area contributed by atoms with Gasteiger partial charge >= 0.3 is 0 Å². The standard InChI is InChI=1S/C19H27NO8/c1-19(2)12(20-17(26)16(19)25)7-9-3-5-10(6-4-9)27-18-15(24)14(23)13(22)11(8-21)28-18/h3-6,11-15,18,20-26H,7-8H2,1-2H3. The van der Waals surface area contributed by atoms with Gasteiger partial charge in [0.25, 0.3) is 0 Å². The predicted molar refractivity (Wildman–Crippen MR) is 97.5 cm³/mol. The number of ether oxygens (including phenoxy) is 2. The zero-order chi connectivity index (χ0) is 20.6. The van der Waals surface area contributed by atoms with E-state index in [-0.39, 0.29) is 17.7 Å². The summed E-state index contributed by atoms with van der Waals surface area (Å²) in [6, 6.07) is 6.72. The van der Waals surface area contributed by atoms with Crippen molar-refractivity contribution in [3.63, 3.8) is 0 Å². The van der Waals surface area contributed by atoms with E-state index in [1.54, 1.807) is 24.3 Å². The molecule has 0 aromatic heterocycles. The lowest BCUT2D eigenvalue weighted by Gasteiger charge is -2.39. The molecule has 0 amide bonds. The molecule has 28 heavy (non-hydrogen) atoms. The zero-order valence-corrected chi connectivity index (χ0v) is 15.7. The number of hydrogen-bond donors (Lipinski definition) is 7. The Morgan fingerprint density at radius 2 is 1.68 bits per heavy atom. The Labute approximate surface area is 162 Å². The van der Waals surface area contributed by atoms with Crippen LogP contribution in [0.4, 0.5) is 0 Å². The first kappa shape index (κ1) is 20.7. The summed E-state index contributed by atoms with van der Waals surface area (Å²) in [5, 5.41) is 61.4. The maximum Gasteiger partial charge on any atom is 0.229 e. The highest BCUT2D eigenvalue weighted by Crippen LogP contribution is 2.37. The Hall–Kier alpha value is -2.04. The molecule has 2 heterocycles. The average molecular weight is 397 g/mol. The van der Waals surface area contributed by atoms with E-state index in [9.17, 15) is 30.6 Å². The Balaban J connectivity index is 1.64. The molecule has 0 spiro atoms. The van der Waals surface area contributed by atoms with Crippen molar-refractivity contribution in [2.75, 3.05) is 6.61 Å². The molecule has 1 saturated heterocycles. The molecular formula is C19H27NO8. The molecule has 1 aromatic carbocycles. The summed E-state index contributed by atoms with van der Waals surface area (Å²) in [4.78, 5) is 0. The minimum absolute atomic E-state index is 0.0694. The Morgan fingerprint density at radius 3 is 2.21 bits per heavy atom. The molecule has 6 unspecified atom stereocenters. The molecule has 0 radical (unpaired) electrons. The van der Waals surface area contributed by atoms with Crippen LogP contribution in [0.2, 0.25) is 0 Å². The molecule has 0 saturated carbocycles. The van der Waals surface area contributed by atoms with Crippen LogP contribution in [0.15, 0.2) is 35.9 Å². The molecule has 2 aliphatic heterocycles. The summed E-state index contributed by atoms with van der Waals surface area (Å²) < 4.78 is 10.9. The van der Waals surface area contributed by atoms with E-state index >= 15 is 0 Å². The largest absolute Gasteiger partial charge is 0.506 e. The van der Waals surface area contributed by atoms with Crippen molar-refractivity contribution < 1.29 is 40.1 Å². The van der Waals surface area contributed by atoms with Gasteiger partial charge in [-0.15, -0.1) is 0 Å². The van der Waals surface area contributed by atoms with E-state index in [0.717, 1.165) is 5.56 Å². The second-order valence-corrected chi connectivity index (χ2v) is 7.78. The van der Waals surface area contributed by atoms with E-state index in [1.807, 2.05) is 13.8 Å². The molecule has 1 aromatic rings. The first-order valence-corrected chi connectivity index (χ1v) is 9.10. The number of rotatable bonds is 5. The lowest BCUT2D eigenvalue weighted by atomic mass is 9.82. The first-order chi connectivity index (χ1) is 13.1. The van der Waals surface area contributed by atoms with Gasteiger partial charge in [-0.3, -0.25) is 0 Å². The summed E-state index contributed by atoms with van der Waals surface area (Å²) in [7, 11) is 0. The smallest absolute Gasteiger partial charge is 0.229 e. The third kappa shape index (κ3) is 3.76. The van der Waals surface area contributed by atoms with Crippen molar-refractivity contribution >= 4 is 0 Å². The van der Waals surface area contributed by atoms with Gasteiger partial charge in [-0.05, 0) is 24.1 Å². The Bertz CT molecular complexity index is 717. The van der Waals surface area contributed by atoms with E-state index in [1.165, 1.54) is 0 Å². The maximum absolute atomic E-state index is 10.0. The highest BCUT2D eigenvalue weighted by molar-refractivity contribution is 5.30. The summed E-state index contributed by atoms with van der Waals surface area (Å²) >= 11 is 0. The Morgan fingerprint density at radius 1 is 1.04 bits per heavy atom. The van der Waals surface area contributed by atoms with Crippen molar-refractivity contribution in [2.24, 2.45) is 5.41 Å². The van der Waals surface area contributed by atoms with Crippen LogP contribution >= 0.6 is 0 Å². The van der Waals surface area contributed by atoms with Gasteiger partial charge < -0.3 is 45.4 Å². The van der Waals surface area contributed by atoms with E-state index < -0.39 is 42.7 Å². The van der Waals surface area contributed by atoms with Crippen molar-refractivity contribution in [2.45, 2.75) is 57.0 Å². The summed E-state index contributed by atoms with van der Waals surface area (Å²) in [6.45, 7) is 3.14. The second kappa shape index (κ2) is 7.76. The topological polar surface area (TPSA) is 152 Å². The van der Waals surface area contributed by atoms with Gasteiger partial charge in [0.1, 0.15) is 30.2 Å². The molecule has 2 aliphatic rings. The fourth-order valence-corrected chi connectivity index (χ4v) is 3.43. The number of nitrogens with one attached hydrogen (secondary N) is 1. The van der Waals surface area contributed by atoms with Crippen LogP contribution in [0.25, 0.3) is 0 Å². The molecule has 0 bridgehead atoms. The van der Waals surface area contributed by atoms with Crippen molar-refractivity contribution in [1.29, 1.82) is 0 Å². The third-order valence-electron chi connectivity index (χ3n) is 5.48. The molecular weight excluding hydrogens is 370 g/mol. The zero-order valence-electron chi connectivity index (χ0n) is 15.7. The van der Waals surface area contributed by atoms with Crippen LogP contribution in [0.3, 0.4) is 0 Å². The minimum Gasteiger partial charge on any atom is -0.506 e. The van der Waals surface area contributed by atoms with Crippen LogP contribution in [-0.4, -0.2) is 74.0 Å². The normalized spacial score (nSPS) is 34.9. The minimum atomic E-state index is -1.50. The maximum atomic E-state index is 10.0. The molecule has 7 N–H and O–H groups in total. The van der Waals surface area contributed by atoms with E-state index in [2.05, 4.69) is 5.32 Å². The lowest BCUT2D eigenvalue weighted by Crippen LogP contribution is -2.60. The Kier molecular flexibility index (Phi) is 5.74. The quantitative estimate of drug-likeness (QED) is 0.355. The average Bonchev–Trinajstić information content (AvgIpc) is 2.86. The number of aliphatic hydroxyl groups excluding tert-OH is 6. The van der Waals surface area contributed by atoms with Crippen molar-refractivity contribution in [3.05, 3.63) is 41.5 Å².